The Hall–Kier alpha value is -3.69. The molecule has 0 radical (unpaired) electrons. The Morgan fingerprint density at radius 2 is 1.89 bits per heavy atom. The summed E-state index contributed by atoms with van der Waals surface area (Å²) in [5, 5.41) is 6.19. The molecular weight excluding hydrogens is 606 g/mol. The fraction of sp³-hybridized carbons (Fsp3) is 0.517. The topological polar surface area (TPSA) is 158 Å². The summed E-state index contributed by atoms with van der Waals surface area (Å²) in [6.45, 7) is 6.31. The van der Waals surface area contributed by atoms with Crippen molar-refractivity contribution in [1.29, 1.82) is 0 Å². The van der Waals surface area contributed by atoms with E-state index in [9.17, 15) is 14.4 Å². The highest BCUT2D eigenvalue weighted by Crippen LogP contribution is 2.46. The molecule has 15 heteroatoms. The minimum Gasteiger partial charge on any atom is -0.497 e. The molecule has 5 aliphatic heterocycles. The van der Waals surface area contributed by atoms with Gasteiger partial charge in [0, 0.05) is 42.1 Å². The van der Waals surface area contributed by atoms with Gasteiger partial charge in [-0.2, -0.15) is 9.36 Å². The van der Waals surface area contributed by atoms with Crippen LogP contribution in [0.1, 0.15) is 37.6 Å². The molecule has 234 valence electrons. The van der Waals surface area contributed by atoms with Crippen LogP contribution < -0.4 is 15.8 Å². The zero-order valence-electron chi connectivity index (χ0n) is 24.9. The normalized spacial score (nSPS) is 27.8. The van der Waals surface area contributed by atoms with Crippen molar-refractivity contribution < 1.29 is 33.2 Å². The van der Waals surface area contributed by atoms with E-state index in [0.29, 0.717) is 29.2 Å². The third kappa shape index (κ3) is 5.75. The van der Waals surface area contributed by atoms with Crippen molar-refractivity contribution in [3.63, 3.8) is 0 Å². The minimum atomic E-state index is -0.880. The third-order valence-electron chi connectivity index (χ3n) is 9.20. The fourth-order valence-corrected chi connectivity index (χ4v) is 8.19. The summed E-state index contributed by atoms with van der Waals surface area (Å²) in [5.41, 5.74) is 7.91. The van der Waals surface area contributed by atoms with E-state index in [0.717, 1.165) is 66.0 Å². The number of quaternary nitrogens is 1. The zero-order chi connectivity index (χ0) is 31.1. The molecule has 2 atom stereocenters. The van der Waals surface area contributed by atoms with Crippen LogP contribution in [0.4, 0.5) is 5.13 Å². The molecule has 5 aliphatic rings. The van der Waals surface area contributed by atoms with Crippen molar-refractivity contribution in [3.8, 4) is 5.75 Å². The maximum atomic E-state index is 13.8. The van der Waals surface area contributed by atoms with Crippen LogP contribution >= 0.6 is 23.3 Å². The van der Waals surface area contributed by atoms with Gasteiger partial charge in [-0.1, -0.05) is 24.2 Å². The van der Waals surface area contributed by atoms with Gasteiger partial charge in [0.15, 0.2) is 5.13 Å². The average molecular weight is 643 g/mol. The Morgan fingerprint density at radius 1 is 1.18 bits per heavy atom. The van der Waals surface area contributed by atoms with Crippen molar-refractivity contribution in [2.75, 3.05) is 51.9 Å². The van der Waals surface area contributed by atoms with Gasteiger partial charge in [-0.25, -0.2) is 4.79 Å². The van der Waals surface area contributed by atoms with Crippen LogP contribution in [-0.4, -0.2) is 99.8 Å². The van der Waals surface area contributed by atoms with E-state index in [1.165, 1.54) is 23.8 Å². The Labute approximate surface area is 263 Å². The Balaban J connectivity index is 1.23. The minimum absolute atomic E-state index is 0.00448. The quantitative estimate of drug-likeness (QED) is 0.129. The van der Waals surface area contributed by atoms with Gasteiger partial charge in [0.25, 0.3) is 11.8 Å². The summed E-state index contributed by atoms with van der Waals surface area (Å²) in [4.78, 5) is 51.0. The van der Waals surface area contributed by atoms with Gasteiger partial charge in [0.1, 0.15) is 43.1 Å². The van der Waals surface area contributed by atoms with E-state index in [1.54, 1.807) is 19.2 Å². The number of nitrogen functional groups attached to an aromatic ring is 1. The van der Waals surface area contributed by atoms with Gasteiger partial charge < -0.3 is 29.8 Å². The number of hydrogen-bond donors (Lipinski definition) is 2. The number of rotatable bonds is 10. The molecule has 0 saturated carbocycles. The fourth-order valence-electron chi connectivity index (χ4n) is 6.42. The monoisotopic (exact) mass is 642 g/mol. The molecule has 0 unspecified atom stereocenters. The van der Waals surface area contributed by atoms with Crippen molar-refractivity contribution in [2.24, 2.45) is 10.6 Å². The second-order valence-corrected chi connectivity index (χ2v) is 13.9. The predicted molar refractivity (Wildman–Crippen MR) is 164 cm³/mol. The van der Waals surface area contributed by atoms with Gasteiger partial charge in [-0.15, -0.1) is 11.8 Å². The Bertz CT molecular complexity index is 1500. The molecule has 6 heterocycles. The molecule has 4 fully saturated rings. The SMILES string of the molecule is CO/N=C(\C(=O)N[C@@H]1C(=O)N2C(C(=O)OCc3ccc(OC)cc3)=C(C[N+]34CCC(C)(CC3)CC4)CS[C@@H]12)c1nsc(N)n1. The molecule has 4 saturated heterocycles. The van der Waals surface area contributed by atoms with E-state index < -0.39 is 29.2 Å². The Morgan fingerprint density at radius 3 is 2.50 bits per heavy atom. The highest BCUT2D eigenvalue weighted by atomic mass is 32.2. The first-order valence-corrected chi connectivity index (χ1v) is 16.3. The lowest BCUT2D eigenvalue weighted by Gasteiger charge is -2.55. The summed E-state index contributed by atoms with van der Waals surface area (Å²) in [6, 6.07) is 6.40. The van der Waals surface area contributed by atoms with E-state index in [2.05, 4.69) is 26.8 Å². The molecule has 2 aromatic rings. The molecule has 2 bridgehead atoms. The molecule has 13 nitrogen and oxygen atoms in total. The number of ether oxygens (including phenoxy) is 2. The second kappa shape index (κ2) is 12.0. The average Bonchev–Trinajstić information content (AvgIpc) is 3.47. The van der Waals surface area contributed by atoms with Crippen LogP contribution in [-0.2, 0) is 30.6 Å². The number of β-lactam (4-membered cyclic amide) rings is 1. The van der Waals surface area contributed by atoms with Crippen LogP contribution in [0.5, 0.6) is 5.75 Å². The number of methoxy groups -OCH3 is 1. The van der Waals surface area contributed by atoms with E-state index in [-0.39, 0.29) is 23.3 Å². The van der Waals surface area contributed by atoms with Gasteiger partial charge in [0.05, 0.1) is 26.7 Å². The number of carbonyl (C=O) groups is 3. The van der Waals surface area contributed by atoms with Crippen LogP contribution in [0, 0.1) is 5.41 Å². The number of nitrogens with zero attached hydrogens (tertiary/aromatic N) is 5. The van der Waals surface area contributed by atoms with E-state index in [4.69, 9.17) is 20.0 Å². The highest BCUT2D eigenvalue weighted by molar-refractivity contribution is 8.00. The standard InChI is InChI=1S/C29H35N7O6S2/c1-29-8-11-36(12-9-29,13-10-29)14-18-16-43-26-21(31-24(37)20(33-41-3)23-32-28(30)44-34-23)25(38)35(26)22(18)27(39)42-15-17-4-6-19(40-2)7-5-17/h4-7,21,26H,8-16H2,1-3H3,(H2-,30,31,32,34,37)/p+1/b33-20-/t21-,26+,29?,36?/m1/s1. The number of nitrogens with one attached hydrogen (secondary N) is 1. The van der Waals surface area contributed by atoms with Crippen LogP contribution in [0.3, 0.4) is 0 Å². The number of oxime groups is 1. The number of fused-ring (bicyclic) bond motifs is 4. The molecule has 1 aromatic carbocycles. The molecule has 7 rings (SSSR count). The van der Waals surface area contributed by atoms with Crippen molar-refractivity contribution >= 4 is 51.9 Å². The van der Waals surface area contributed by atoms with Crippen LogP contribution in [0.25, 0.3) is 0 Å². The lowest BCUT2D eigenvalue weighted by Crippen LogP contribution is -2.71. The molecule has 1 aromatic heterocycles. The zero-order valence-corrected chi connectivity index (χ0v) is 26.5. The van der Waals surface area contributed by atoms with Crippen molar-refractivity contribution in [3.05, 3.63) is 46.9 Å². The molecular formula is C29H36N7O6S2+. The Kier molecular flexibility index (Phi) is 8.28. The number of piperidine rings is 3. The largest absolute Gasteiger partial charge is 0.497 e. The highest BCUT2D eigenvalue weighted by Gasteiger charge is 2.56. The molecule has 44 heavy (non-hydrogen) atoms. The summed E-state index contributed by atoms with van der Waals surface area (Å²) in [5.74, 6) is -0.349. The molecule has 2 amide bonds. The number of esters is 1. The van der Waals surface area contributed by atoms with Gasteiger partial charge in [-0.05, 0) is 23.1 Å². The van der Waals surface area contributed by atoms with Crippen LogP contribution in [0.15, 0.2) is 40.7 Å². The maximum absolute atomic E-state index is 13.8. The summed E-state index contributed by atoms with van der Waals surface area (Å²) < 4.78 is 16.0. The number of amides is 2. The number of nitrogens with two attached hydrogens (primary N) is 1. The van der Waals surface area contributed by atoms with Gasteiger partial charge in [0.2, 0.25) is 11.5 Å². The third-order valence-corrected chi connectivity index (χ3v) is 11.1. The number of thioether (sulfide) groups is 1. The lowest BCUT2D eigenvalue weighted by atomic mass is 9.72. The number of anilines is 1. The summed E-state index contributed by atoms with van der Waals surface area (Å²) in [6.07, 6.45) is 3.48. The first kappa shape index (κ1) is 30.3. The van der Waals surface area contributed by atoms with Gasteiger partial charge >= 0.3 is 5.97 Å². The number of hydrogen-bond acceptors (Lipinski definition) is 12. The van der Waals surface area contributed by atoms with Crippen molar-refractivity contribution in [1.82, 2.24) is 19.6 Å². The summed E-state index contributed by atoms with van der Waals surface area (Å²) >= 11 is 2.45. The maximum Gasteiger partial charge on any atom is 0.355 e. The van der Waals surface area contributed by atoms with Crippen molar-refractivity contribution in [2.45, 2.75) is 44.2 Å². The number of carbonyl (C=O) groups excluding carboxylic acids is 3. The lowest BCUT2D eigenvalue weighted by molar-refractivity contribution is -0.941. The first-order chi connectivity index (χ1) is 21.1. The second-order valence-electron chi connectivity index (χ2n) is 12.0. The number of aromatic nitrogens is 2. The number of benzene rings is 1. The molecule has 0 aliphatic carbocycles. The first-order valence-electron chi connectivity index (χ1n) is 14.5. The molecule has 0 spiro atoms. The predicted octanol–water partition coefficient (Wildman–Crippen LogP) is 1.90. The van der Waals surface area contributed by atoms with Gasteiger partial charge in [-0.3, -0.25) is 14.5 Å². The molecule has 3 N–H and O–H groups in total. The van der Waals surface area contributed by atoms with E-state index >= 15 is 0 Å². The smallest absolute Gasteiger partial charge is 0.355 e. The van der Waals surface area contributed by atoms with E-state index in [1.807, 2.05) is 12.1 Å². The van der Waals surface area contributed by atoms with Crippen LogP contribution in [0.2, 0.25) is 0 Å². The summed E-state index contributed by atoms with van der Waals surface area (Å²) in [7, 11) is 2.89.